The Morgan fingerprint density at radius 1 is 0.690 bits per heavy atom. The summed E-state index contributed by atoms with van der Waals surface area (Å²) in [6.07, 6.45) is 4.30. The van der Waals surface area contributed by atoms with Crippen LogP contribution in [0.5, 0.6) is 0 Å². The summed E-state index contributed by atoms with van der Waals surface area (Å²) in [7, 11) is 0. The normalized spacial score (nSPS) is 11.7. The smallest absolute Gasteiger partial charge is 0.0915 e. The molecule has 0 aliphatic carbocycles. The Morgan fingerprint density at radius 3 is 1.93 bits per heavy atom. The van der Waals surface area contributed by atoms with Gasteiger partial charge in [0.05, 0.1) is 22.1 Å². The van der Waals surface area contributed by atoms with E-state index in [4.69, 9.17) is 9.97 Å². The minimum absolute atomic E-state index is 0.897. The SMILES string of the molecule is CC(C)=CC=C(C)N(c1ccc(C)cc1)c1ccc2nc3ccccc3nc2c1. The number of aryl methyl sites for hydroxylation is 1. The number of benzene rings is 3. The average molecular weight is 380 g/mol. The van der Waals surface area contributed by atoms with E-state index in [1.54, 1.807) is 0 Å². The van der Waals surface area contributed by atoms with Gasteiger partial charge in [0.2, 0.25) is 0 Å². The van der Waals surface area contributed by atoms with E-state index in [1.165, 1.54) is 11.1 Å². The first-order chi connectivity index (χ1) is 14.0. The fourth-order valence-electron chi connectivity index (χ4n) is 3.36. The van der Waals surface area contributed by atoms with Crippen molar-refractivity contribution >= 4 is 33.4 Å². The summed E-state index contributed by atoms with van der Waals surface area (Å²) < 4.78 is 0. The fourth-order valence-corrected chi connectivity index (χ4v) is 3.36. The number of hydrogen-bond donors (Lipinski definition) is 0. The summed E-state index contributed by atoms with van der Waals surface area (Å²) >= 11 is 0. The second kappa shape index (κ2) is 7.88. The van der Waals surface area contributed by atoms with E-state index in [2.05, 4.69) is 87.2 Å². The molecule has 4 rings (SSSR count). The van der Waals surface area contributed by atoms with E-state index in [0.29, 0.717) is 0 Å². The summed E-state index contributed by atoms with van der Waals surface area (Å²) in [5.41, 5.74) is 9.48. The highest BCUT2D eigenvalue weighted by Gasteiger charge is 2.13. The van der Waals surface area contributed by atoms with Gasteiger partial charge in [-0.3, -0.25) is 0 Å². The lowest BCUT2D eigenvalue weighted by atomic mass is 10.1. The van der Waals surface area contributed by atoms with Crippen molar-refractivity contribution in [3.8, 4) is 0 Å². The molecule has 0 amide bonds. The third-order valence-electron chi connectivity index (χ3n) is 4.88. The predicted octanol–water partition coefficient (Wildman–Crippen LogP) is 7.10. The van der Waals surface area contributed by atoms with Crippen molar-refractivity contribution in [2.75, 3.05) is 4.90 Å². The van der Waals surface area contributed by atoms with Crippen LogP contribution >= 0.6 is 0 Å². The van der Waals surface area contributed by atoms with Crippen molar-refractivity contribution in [1.82, 2.24) is 9.97 Å². The van der Waals surface area contributed by atoms with Gasteiger partial charge in [0.25, 0.3) is 0 Å². The number of rotatable bonds is 4. The second-order valence-corrected chi connectivity index (χ2v) is 7.61. The Morgan fingerprint density at radius 2 is 1.28 bits per heavy atom. The van der Waals surface area contributed by atoms with Crippen LogP contribution in [0.2, 0.25) is 0 Å². The first-order valence-corrected chi connectivity index (χ1v) is 9.86. The maximum absolute atomic E-state index is 4.84. The van der Waals surface area contributed by atoms with Gasteiger partial charge in [-0.25, -0.2) is 9.97 Å². The van der Waals surface area contributed by atoms with Gasteiger partial charge in [0.15, 0.2) is 0 Å². The average Bonchev–Trinajstić information content (AvgIpc) is 2.72. The van der Waals surface area contributed by atoms with Gasteiger partial charge in [-0.1, -0.05) is 41.5 Å². The Balaban J connectivity index is 1.87. The minimum Gasteiger partial charge on any atom is -0.314 e. The molecule has 3 heteroatoms. The number of allylic oxidation sites excluding steroid dienone is 4. The molecule has 1 aromatic heterocycles. The molecule has 0 aliphatic heterocycles. The van der Waals surface area contributed by atoms with Gasteiger partial charge in [0, 0.05) is 17.1 Å². The molecule has 3 aromatic carbocycles. The summed E-state index contributed by atoms with van der Waals surface area (Å²) in [5.74, 6) is 0. The molecular formula is C26H25N3. The van der Waals surface area contributed by atoms with Crippen LogP contribution < -0.4 is 4.90 Å². The van der Waals surface area contributed by atoms with E-state index < -0.39 is 0 Å². The maximum atomic E-state index is 4.84. The first-order valence-electron chi connectivity index (χ1n) is 9.86. The van der Waals surface area contributed by atoms with E-state index in [1.807, 2.05) is 24.3 Å². The van der Waals surface area contributed by atoms with E-state index in [9.17, 15) is 0 Å². The number of aromatic nitrogens is 2. The van der Waals surface area contributed by atoms with Gasteiger partial charge in [-0.05, 0) is 76.2 Å². The van der Waals surface area contributed by atoms with E-state index in [-0.39, 0.29) is 0 Å². The molecule has 0 aliphatic rings. The first kappa shape index (κ1) is 18.9. The standard InChI is InChI=1S/C26H25N3/c1-18(2)9-12-20(4)29(21-13-10-19(3)11-14-21)22-15-16-25-26(17-22)28-24-8-6-5-7-23(24)27-25/h5-17H,1-4H3. The van der Waals surface area contributed by atoms with Gasteiger partial charge >= 0.3 is 0 Å². The van der Waals surface area contributed by atoms with Crippen LogP contribution in [-0.4, -0.2) is 9.97 Å². The largest absolute Gasteiger partial charge is 0.314 e. The van der Waals surface area contributed by atoms with Crippen molar-refractivity contribution < 1.29 is 0 Å². The van der Waals surface area contributed by atoms with Crippen molar-refractivity contribution in [1.29, 1.82) is 0 Å². The van der Waals surface area contributed by atoms with Crippen molar-refractivity contribution in [2.45, 2.75) is 27.7 Å². The van der Waals surface area contributed by atoms with E-state index in [0.717, 1.165) is 39.1 Å². The van der Waals surface area contributed by atoms with Crippen molar-refractivity contribution in [3.05, 3.63) is 95.7 Å². The highest BCUT2D eigenvalue weighted by molar-refractivity contribution is 5.89. The highest BCUT2D eigenvalue weighted by Crippen LogP contribution is 2.32. The zero-order valence-corrected chi connectivity index (χ0v) is 17.3. The van der Waals surface area contributed by atoms with Crippen LogP contribution in [0.1, 0.15) is 26.3 Å². The molecule has 0 fully saturated rings. The van der Waals surface area contributed by atoms with E-state index >= 15 is 0 Å². The zero-order chi connectivity index (χ0) is 20.4. The maximum Gasteiger partial charge on any atom is 0.0915 e. The Kier molecular flexibility index (Phi) is 5.13. The molecule has 0 saturated carbocycles. The molecule has 1 heterocycles. The predicted molar refractivity (Wildman–Crippen MR) is 124 cm³/mol. The van der Waals surface area contributed by atoms with Crippen LogP contribution in [-0.2, 0) is 0 Å². The topological polar surface area (TPSA) is 29.0 Å². The Labute approximate surface area is 172 Å². The van der Waals surface area contributed by atoms with Gasteiger partial charge in [0.1, 0.15) is 0 Å². The molecule has 0 saturated heterocycles. The molecule has 4 aromatic rings. The molecule has 0 radical (unpaired) electrons. The number of nitrogens with zero attached hydrogens (tertiary/aromatic N) is 3. The third-order valence-corrected chi connectivity index (χ3v) is 4.88. The van der Waals surface area contributed by atoms with Crippen molar-refractivity contribution in [3.63, 3.8) is 0 Å². The lowest BCUT2D eigenvalue weighted by Crippen LogP contribution is -2.14. The molecule has 0 unspecified atom stereocenters. The third kappa shape index (κ3) is 4.04. The molecule has 0 atom stereocenters. The summed E-state index contributed by atoms with van der Waals surface area (Å²) in [4.78, 5) is 11.9. The van der Waals surface area contributed by atoms with Gasteiger partial charge < -0.3 is 4.90 Å². The molecule has 3 nitrogen and oxygen atoms in total. The molecular weight excluding hydrogens is 354 g/mol. The molecule has 0 N–H and O–H groups in total. The fraction of sp³-hybridized carbons (Fsp3) is 0.154. The van der Waals surface area contributed by atoms with Crippen LogP contribution in [0.3, 0.4) is 0 Å². The lowest BCUT2D eigenvalue weighted by molar-refractivity contribution is 1.15. The van der Waals surface area contributed by atoms with Crippen LogP contribution in [0, 0.1) is 6.92 Å². The quantitative estimate of drug-likeness (QED) is 0.280. The number of hydrogen-bond acceptors (Lipinski definition) is 3. The molecule has 0 bridgehead atoms. The molecule has 144 valence electrons. The second-order valence-electron chi connectivity index (χ2n) is 7.61. The van der Waals surface area contributed by atoms with Crippen LogP contribution in [0.4, 0.5) is 11.4 Å². The Hall–Kier alpha value is -3.46. The van der Waals surface area contributed by atoms with Crippen LogP contribution in [0.15, 0.2) is 90.2 Å². The Bertz CT molecular complexity index is 1230. The molecule has 0 spiro atoms. The highest BCUT2D eigenvalue weighted by atomic mass is 15.1. The van der Waals surface area contributed by atoms with Gasteiger partial charge in [-0.15, -0.1) is 0 Å². The monoisotopic (exact) mass is 379 g/mol. The summed E-state index contributed by atoms with van der Waals surface area (Å²) in [6, 6.07) is 22.9. The minimum atomic E-state index is 0.897. The van der Waals surface area contributed by atoms with Crippen LogP contribution in [0.25, 0.3) is 22.1 Å². The van der Waals surface area contributed by atoms with Gasteiger partial charge in [-0.2, -0.15) is 0 Å². The zero-order valence-electron chi connectivity index (χ0n) is 17.3. The lowest BCUT2D eigenvalue weighted by Gasteiger charge is -2.26. The number of fused-ring (bicyclic) bond motifs is 2. The van der Waals surface area contributed by atoms with Crippen molar-refractivity contribution in [2.24, 2.45) is 0 Å². The molecule has 29 heavy (non-hydrogen) atoms. The summed E-state index contributed by atoms with van der Waals surface area (Å²) in [5, 5.41) is 0. The summed E-state index contributed by atoms with van der Waals surface area (Å²) in [6.45, 7) is 8.46. The number of para-hydroxylation sites is 2. The number of anilines is 2.